The molecule has 0 saturated carbocycles. The first-order valence-corrected chi connectivity index (χ1v) is 18.8. The summed E-state index contributed by atoms with van der Waals surface area (Å²) < 4.78 is 6.48. The number of benzene rings is 8. The Morgan fingerprint density at radius 2 is 0.889 bits per heavy atom. The van der Waals surface area contributed by atoms with Crippen LogP contribution in [-0.2, 0) is 10.8 Å². The van der Waals surface area contributed by atoms with Crippen LogP contribution in [-0.4, -0.2) is 0 Å². The van der Waals surface area contributed by atoms with E-state index >= 15 is 0 Å². The maximum Gasteiger partial charge on any atom is 0.137 e. The van der Waals surface area contributed by atoms with Crippen molar-refractivity contribution in [3.8, 4) is 22.3 Å². The van der Waals surface area contributed by atoms with E-state index in [-0.39, 0.29) is 5.41 Å². The molecule has 2 nitrogen and oxygen atoms in total. The van der Waals surface area contributed by atoms with Crippen LogP contribution in [0.2, 0.25) is 0 Å². The van der Waals surface area contributed by atoms with E-state index in [2.05, 4.69) is 201 Å². The molecule has 0 spiro atoms. The van der Waals surface area contributed by atoms with Gasteiger partial charge in [0.15, 0.2) is 0 Å². The molecule has 9 aromatic rings. The van der Waals surface area contributed by atoms with Gasteiger partial charge in [0.2, 0.25) is 0 Å². The van der Waals surface area contributed by atoms with Crippen molar-refractivity contribution in [2.75, 3.05) is 4.90 Å². The Morgan fingerprint density at radius 1 is 0.370 bits per heavy atom. The summed E-state index contributed by atoms with van der Waals surface area (Å²) in [6, 6.07) is 69.0. The minimum absolute atomic E-state index is 0.127. The van der Waals surface area contributed by atoms with Crippen LogP contribution in [0.5, 0.6) is 0 Å². The number of hydrogen-bond donors (Lipinski definition) is 0. The maximum atomic E-state index is 6.48. The minimum Gasteiger partial charge on any atom is -0.456 e. The van der Waals surface area contributed by atoms with Crippen LogP contribution in [0, 0.1) is 0 Å². The second kappa shape index (κ2) is 11.4. The van der Waals surface area contributed by atoms with E-state index in [0.29, 0.717) is 0 Å². The van der Waals surface area contributed by atoms with Crippen LogP contribution in [0.3, 0.4) is 0 Å². The van der Waals surface area contributed by atoms with E-state index in [1.165, 1.54) is 55.6 Å². The molecule has 1 heterocycles. The molecule has 1 aromatic heterocycles. The topological polar surface area (TPSA) is 16.4 Å². The van der Waals surface area contributed by atoms with Gasteiger partial charge in [-0.3, -0.25) is 0 Å². The fourth-order valence-corrected chi connectivity index (χ4v) is 9.71. The Morgan fingerprint density at radius 3 is 1.65 bits per heavy atom. The minimum atomic E-state index is -0.450. The van der Waals surface area contributed by atoms with E-state index in [1.54, 1.807) is 0 Å². The molecule has 0 amide bonds. The highest BCUT2D eigenvalue weighted by Gasteiger charge is 2.46. The molecule has 2 aliphatic carbocycles. The molecule has 0 aliphatic heterocycles. The van der Waals surface area contributed by atoms with Gasteiger partial charge in [-0.25, -0.2) is 0 Å². The number of furan rings is 1. The third kappa shape index (κ3) is 4.22. The maximum absolute atomic E-state index is 6.48. The van der Waals surface area contributed by atoms with Gasteiger partial charge >= 0.3 is 0 Å². The van der Waals surface area contributed by atoms with Crippen molar-refractivity contribution < 1.29 is 4.42 Å². The van der Waals surface area contributed by atoms with Gasteiger partial charge in [0.05, 0.1) is 5.41 Å². The zero-order chi connectivity index (χ0) is 36.0. The molecule has 2 aliphatic rings. The van der Waals surface area contributed by atoms with Crippen molar-refractivity contribution in [3.63, 3.8) is 0 Å². The fourth-order valence-electron chi connectivity index (χ4n) is 9.71. The summed E-state index contributed by atoms with van der Waals surface area (Å²) in [5, 5.41) is 2.26. The van der Waals surface area contributed by atoms with Gasteiger partial charge in [-0.15, -0.1) is 0 Å². The Labute approximate surface area is 315 Å². The van der Waals surface area contributed by atoms with Crippen LogP contribution in [0.15, 0.2) is 192 Å². The SMILES string of the molecule is CC1(C)c2ccccc2-c2ccc(N(c3ccc4c(c3)-c3ccccc3C4(c3ccccc3)c3ccccc3)c3ccc4c(c3)oc3ccccc34)cc21. The van der Waals surface area contributed by atoms with E-state index in [0.717, 1.165) is 39.0 Å². The molecule has 0 saturated heterocycles. The molecular formula is C52H37NO. The predicted molar refractivity (Wildman–Crippen MR) is 223 cm³/mol. The van der Waals surface area contributed by atoms with Gasteiger partial charge < -0.3 is 9.32 Å². The highest BCUT2D eigenvalue weighted by molar-refractivity contribution is 6.06. The number of fused-ring (bicyclic) bond motifs is 9. The summed E-state index contributed by atoms with van der Waals surface area (Å²) in [5.41, 5.74) is 17.5. The zero-order valence-corrected chi connectivity index (χ0v) is 30.3. The summed E-state index contributed by atoms with van der Waals surface area (Å²) in [4.78, 5) is 2.42. The summed E-state index contributed by atoms with van der Waals surface area (Å²) in [6.07, 6.45) is 0. The molecule has 0 radical (unpaired) electrons. The molecule has 256 valence electrons. The quantitative estimate of drug-likeness (QED) is 0.179. The first-order valence-electron chi connectivity index (χ1n) is 18.8. The van der Waals surface area contributed by atoms with Gasteiger partial charge in [0, 0.05) is 39.3 Å². The predicted octanol–water partition coefficient (Wildman–Crippen LogP) is 13.7. The van der Waals surface area contributed by atoms with E-state index in [9.17, 15) is 0 Å². The molecule has 0 fully saturated rings. The van der Waals surface area contributed by atoms with Gasteiger partial charge in [0.25, 0.3) is 0 Å². The molecule has 2 heteroatoms. The molecule has 11 rings (SSSR count). The molecule has 0 unspecified atom stereocenters. The lowest BCUT2D eigenvalue weighted by molar-refractivity contribution is 0.660. The number of rotatable bonds is 5. The first-order chi connectivity index (χ1) is 26.5. The van der Waals surface area contributed by atoms with E-state index in [4.69, 9.17) is 4.42 Å². The van der Waals surface area contributed by atoms with Crippen molar-refractivity contribution >= 4 is 39.0 Å². The Kier molecular flexibility index (Phi) is 6.55. The van der Waals surface area contributed by atoms with Crippen LogP contribution in [0.4, 0.5) is 17.1 Å². The lowest BCUT2D eigenvalue weighted by Crippen LogP contribution is -2.28. The first kappa shape index (κ1) is 30.9. The van der Waals surface area contributed by atoms with E-state index in [1.807, 2.05) is 6.07 Å². The molecular weight excluding hydrogens is 655 g/mol. The van der Waals surface area contributed by atoms with Gasteiger partial charge in [-0.2, -0.15) is 0 Å². The normalized spacial score (nSPS) is 14.4. The second-order valence-corrected chi connectivity index (χ2v) is 15.3. The van der Waals surface area contributed by atoms with Gasteiger partial charge in [-0.1, -0.05) is 153 Å². The summed E-state index contributed by atoms with van der Waals surface area (Å²) in [6.45, 7) is 4.71. The highest BCUT2D eigenvalue weighted by atomic mass is 16.3. The number of anilines is 3. The second-order valence-electron chi connectivity index (χ2n) is 15.3. The molecule has 54 heavy (non-hydrogen) atoms. The zero-order valence-electron chi connectivity index (χ0n) is 30.3. The average Bonchev–Trinajstić information content (AvgIpc) is 3.82. The summed E-state index contributed by atoms with van der Waals surface area (Å²) >= 11 is 0. The van der Waals surface area contributed by atoms with E-state index < -0.39 is 5.41 Å². The van der Waals surface area contributed by atoms with Gasteiger partial charge in [0.1, 0.15) is 11.2 Å². The fraction of sp³-hybridized carbons (Fsp3) is 0.0769. The van der Waals surface area contributed by atoms with Crippen molar-refractivity contribution in [1.82, 2.24) is 0 Å². The highest BCUT2D eigenvalue weighted by Crippen LogP contribution is 2.57. The smallest absolute Gasteiger partial charge is 0.137 e. The van der Waals surface area contributed by atoms with Crippen LogP contribution < -0.4 is 4.90 Å². The lowest BCUT2D eigenvalue weighted by atomic mass is 9.68. The molecule has 0 bridgehead atoms. The number of para-hydroxylation sites is 1. The Balaban J connectivity index is 1.16. The van der Waals surface area contributed by atoms with Crippen molar-refractivity contribution in [3.05, 3.63) is 221 Å². The monoisotopic (exact) mass is 691 g/mol. The molecule has 8 aromatic carbocycles. The van der Waals surface area contributed by atoms with Crippen LogP contribution >= 0.6 is 0 Å². The molecule has 0 N–H and O–H groups in total. The largest absolute Gasteiger partial charge is 0.456 e. The van der Waals surface area contributed by atoms with Crippen molar-refractivity contribution in [1.29, 1.82) is 0 Å². The summed E-state index contributed by atoms with van der Waals surface area (Å²) in [5.74, 6) is 0. The standard InChI is InChI=1S/C52H37NO/c1-51(2)45-22-12-9-19-39(45)41-28-25-37(32-48(41)51)53(38-26-29-43-42-21-11-14-24-49(42)54-50(43)33-38)36-27-30-47-44(31-36)40-20-10-13-23-46(40)52(47,34-15-5-3-6-16-34)35-17-7-4-8-18-35/h3-33H,1-2H3. The Hall–Kier alpha value is -6.64. The number of hydrogen-bond acceptors (Lipinski definition) is 2. The van der Waals surface area contributed by atoms with Gasteiger partial charge in [-0.05, 0) is 98.1 Å². The van der Waals surface area contributed by atoms with Crippen LogP contribution in [0.1, 0.15) is 47.2 Å². The van der Waals surface area contributed by atoms with Crippen molar-refractivity contribution in [2.45, 2.75) is 24.7 Å². The lowest BCUT2D eigenvalue weighted by Gasteiger charge is -2.34. The summed E-state index contributed by atoms with van der Waals surface area (Å²) in [7, 11) is 0. The third-order valence-corrected chi connectivity index (χ3v) is 12.1. The van der Waals surface area contributed by atoms with Crippen LogP contribution in [0.25, 0.3) is 44.2 Å². The number of nitrogens with zero attached hydrogens (tertiary/aromatic N) is 1. The third-order valence-electron chi connectivity index (χ3n) is 12.1. The van der Waals surface area contributed by atoms with Crippen molar-refractivity contribution in [2.24, 2.45) is 0 Å². The molecule has 0 atom stereocenters. The average molecular weight is 692 g/mol. The Bertz CT molecular complexity index is 2880.